The topological polar surface area (TPSA) is 52.4 Å². The number of benzene rings is 2. The first-order chi connectivity index (χ1) is 9.40. The lowest BCUT2D eigenvalue weighted by atomic mass is 10.2. The van der Waals surface area contributed by atoms with E-state index in [-0.39, 0.29) is 17.5 Å². The Morgan fingerprint density at radius 3 is 1.90 bits per heavy atom. The molecule has 0 unspecified atom stereocenters. The van der Waals surface area contributed by atoms with Crippen molar-refractivity contribution < 1.29 is 27.2 Å². The molecule has 8 heteroatoms. The van der Waals surface area contributed by atoms with Gasteiger partial charge in [0.25, 0.3) is 5.69 Å². The Labute approximate surface area is 109 Å². The van der Waals surface area contributed by atoms with E-state index in [0.29, 0.717) is 0 Å². The summed E-state index contributed by atoms with van der Waals surface area (Å²) in [7, 11) is 0. The van der Waals surface area contributed by atoms with Gasteiger partial charge in [-0.1, -0.05) is 0 Å². The predicted molar refractivity (Wildman–Crippen MR) is 59.4 cm³/mol. The lowest BCUT2D eigenvalue weighted by Crippen LogP contribution is -1.99. The molecule has 0 aliphatic carbocycles. The van der Waals surface area contributed by atoms with E-state index in [0.717, 1.165) is 24.3 Å². The van der Waals surface area contributed by atoms with Gasteiger partial charge in [-0.3, -0.25) is 10.1 Å². The van der Waals surface area contributed by atoms with E-state index >= 15 is 0 Å². The molecule has 0 radical (unpaired) electrons. The van der Waals surface area contributed by atoms with Gasteiger partial charge in [-0.05, 0) is 12.1 Å². The minimum Gasteiger partial charge on any atom is -0.451 e. The minimum atomic E-state index is -1.69. The summed E-state index contributed by atoms with van der Waals surface area (Å²) >= 11 is 0. The van der Waals surface area contributed by atoms with Crippen molar-refractivity contribution in [3.05, 3.63) is 63.7 Å². The number of rotatable bonds is 3. The van der Waals surface area contributed by atoms with Gasteiger partial charge < -0.3 is 4.74 Å². The fraction of sp³-hybridized carbons (Fsp3) is 0. The van der Waals surface area contributed by atoms with Crippen molar-refractivity contribution >= 4 is 5.69 Å². The Morgan fingerprint density at radius 2 is 1.45 bits per heavy atom. The Bertz CT molecular complexity index is 647. The van der Waals surface area contributed by atoms with Crippen molar-refractivity contribution in [2.24, 2.45) is 0 Å². The highest BCUT2D eigenvalue weighted by Gasteiger charge is 2.21. The number of hydrogen-bond acceptors (Lipinski definition) is 3. The van der Waals surface area contributed by atoms with Crippen LogP contribution in [0.15, 0.2) is 30.3 Å². The van der Waals surface area contributed by atoms with E-state index in [4.69, 9.17) is 0 Å². The normalized spacial score (nSPS) is 10.4. The third kappa shape index (κ3) is 2.53. The molecule has 0 amide bonds. The standard InChI is InChI=1S/C12H5F4NO3/c13-8-5-9(14)11(16)12(10(8)15)20-7-3-1-6(2-4-7)17(18)19/h1-5H. The maximum atomic E-state index is 13.3. The van der Waals surface area contributed by atoms with Gasteiger partial charge in [0.05, 0.1) is 4.92 Å². The minimum absolute atomic E-state index is 0.0490. The molecule has 0 bridgehead atoms. The Kier molecular flexibility index (Phi) is 3.55. The number of nitrogens with zero attached hydrogens (tertiary/aromatic N) is 1. The summed E-state index contributed by atoms with van der Waals surface area (Å²) in [5.41, 5.74) is -0.274. The van der Waals surface area contributed by atoms with Gasteiger partial charge in [0.2, 0.25) is 17.4 Å². The van der Waals surface area contributed by atoms with E-state index in [1.54, 1.807) is 0 Å². The van der Waals surface area contributed by atoms with Crippen LogP contribution in [0.25, 0.3) is 0 Å². The van der Waals surface area contributed by atoms with E-state index in [1.807, 2.05) is 0 Å². The lowest BCUT2D eigenvalue weighted by molar-refractivity contribution is -0.384. The van der Waals surface area contributed by atoms with E-state index in [2.05, 4.69) is 4.74 Å². The van der Waals surface area contributed by atoms with Crippen molar-refractivity contribution in [1.82, 2.24) is 0 Å². The van der Waals surface area contributed by atoms with Gasteiger partial charge >= 0.3 is 0 Å². The third-order valence-electron chi connectivity index (χ3n) is 2.34. The molecule has 0 aliphatic heterocycles. The van der Waals surface area contributed by atoms with Gasteiger partial charge in [0.1, 0.15) is 5.75 Å². The molecule has 0 aliphatic rings. The molecule has 4 nitrogen and oxygen atoms in total. The van der Waals surface area contributed by atoms with Crippen molar-refractivity contribution in [1.29, 1.82) is 0 Å². The second-order valence-corrected chi connectivity index (χ2v) is 3.65. The van der Waals surface area contributed by atoms with E-state index in [1.165, 1.54) is 0 Å². The van der Waals surface area contributed by atoms with Crippen molar-refractivity contribution in [3.8, 4) is 11.5 Å². The first-order valence-electron chi connectivity index (χ1n) is 5.15. The highest BCUT2D eigenvalue weighted by Crippen LogP contribution is 2.31. The molecule has 0 heterocycles. The second kappa shape index (κ2) is 5.16. The summed E-state index contributed by atoms with van der Waals surface area (Å²) in [6.07, 6.45) is 0. The molecular formula is C12H5F4NO3. The second-order valence-electron chi connectivity index (χ2n) is 3.65. The zero-order valence-corrected chi connectivity index (χ0v) is 9.57. The Balaban J connectivity index is 2.37. The number of nitro benzene ring substituents is 1. The van der Waals surface area contributed by atoms with Gasteiger partial charge in [0, 0.05) is 18.2 Å². The SMILES string of the molecule is O=[N+]([O-])c1ccc(Oc2c(F)c(F)cc(F)c2F)cc1. The molecule has 2 rings (SSSR count). The number of non-ortho nitro benzene ring substituents is 1. The Hall–Kier alpha value is -2.64. The fourth-order valence-corrected chi connectivity index (χ4v) is 1.39. The van der Waals surface area contributed by atoms with E-state index in [9.17, 15) is 27.7 Å². The summed E-state index contributed by atoms with van der Waals surface area (Å²) in [5, 5.41) is 10.4. The zero-order chi connectivity index (χ0) is 14.9. The van der Waals surface area contributed by atoms with Crippen LogP contribution in [0.2, 0.25) is 0 Å². The average molecular weight is 287 g/mol. The quantitative estimate of drug-likeness (QED) is 0.372. The smallest absolute Gasteiger partial charge is 0.269 e. The van der Waals surface area contributed by atoms with Crippen LogP contribution >= 0.6 is 0 Å². The summed E-state index contributed by atoms with van der Waals surface area (Å²) < 4.78 is 57.2. The molecule has 0 saturated carbocycles. The monoisotopic (exact) mass is 287 g/mol. The van der Waals surface area contributed by atoms with Crippen LogP contribution in [0.5, 0.6) is 11.5 Å². The number of nitro groups is 1. The van der Waals surface area contributed by atoms with E-state index < -0.39 is 33.9 Å². The van der Waals surface area contributed by atoms with Crippen LogP contribution in [0.3, 0.4) is 0 Å². The molecular weight excluding hydrogens is 282 g/mol. The first-order valence-corrected chi connectivity index (χ1v) is 5.15. The zero-order valence-electron chi connectivity index (χ0n) is 9.57. The highest BCUT2D eigenvalue weighted by atomic mass is 19.2. The fourth-order valence-electron chi connectivity index (χ4n) is 1.39. The average Bonchev–Trinajstić information content (AvgIpc) is 2.42. The highest BCUT2D eigenvalue weighted by molar-refractivity contribution is 5.39. The van der Waals surface area contributed by atoms with Crippen molar-refractivity contribution in [3.63, 3.8) is 0 Å². The van der Waals surface area contributed by atoms with Gasteiger partial charge in [-0.15, -0.1) is 0 Å². The van der Waals surface area contributed by atoms with Crippen LogP contribution in [0.4, 0.5) is 23.2 Å². The maximum absolute atomic E-state index is 13.3. The molecule has 0 spiro atoms. The predicted octanol–water partition coefficient (Wildman–Crippen LogP) is 3.94. The number of hydrogen-bond donors (Lipinski definition) is 0. The van der Waals surface area contributed by atoms with Crippen LogP contribution < -0.4 is 4.74 Å². The molecule has 0 saturated heterocycles. The third-order valence-corrected chi connectivity index (χ3v) is 2.34. The van der Waals surface area contributed by atoms with Crippen LogP contribution in [0, 0.1) is 33.4 Å². The molecule has 0 N–H and O–H groups in total. The summed E-state index contributed by atoms with van der Waals surface area (Å²) in [6.45, 7) is 0. The molecule has 20 heavy (non-hydrogen) atoms. The van der Waals surface area contributed by atoms with Gasteiger partial charge in [-0.25, -0.2) is 8.78 Å². The van der Waals surface area contributed by atoms with Crippen LogP contribution in [-0.2, 0) is 0 Å². The molecule has 0 aromatic heterocycles. The summed E-state index contributed by atoms with van der Waals surface area (Å²) in [4.78, 5) is 9.73. The van der Waals surface area contributed by atoms with Crippen molar-refractivity contribution in [2.75, 3.05) is 0 Å². The largest absolute Gasteiger partial charge is 0.451 e. The Morgan fingerprint density at radius 1 is 0.950 bits per heavy atom. The van der Waals surface area contributed by atoms with Gasteiger partial charge in [0.15, 0.2) is 11.6 Å². The van der Waals surface area contributed by atoms with Crippen LogP contribution in [-0.4, -0.2) is 4.92 Å². The van der Waals surface area contributed by atoms with Gasteiger partial charge in [-0.2, -0.15) is 8.78 Å². The lowest BCUT2D eigenvalue weighted by Gasteiger charge is -2.08. The van der Waals surface area contributed by atoms with Crippen LogP contribution in [0.1, 0.15) is 0 Å². The first kappa shape index (κ1) is 13.8. The summed E-state index contributed by atoms with van der Waals surface area (Å²) in [6, 6.07) is 4.16. The maximum Gasteiger partial charge on any atom is 0.269 e. The van der Waals surface area contributed by atoms with Crippen molar-refractivity contribution in [2.45, 2.75) is 0 Å². The summed E-state index contributed by atoms with van der Waals surface area (Å²) in [5.74, 6) is -8.07. The number of halogens is 4. The molecule has 0 atom stereocenters. The molecule has 104 valence electrons. The molecule has 0 fully saturated rings. The number of ether oxygens (including phenoxy) is 1. The molecule has 2 aromatic rings. The molecule has 2 aromatic carbocycles.